The van der Waals surface area contributed by atoms with Gasteiger partial charge in [0, 0.05) is 25.8 Å². The van der Waals surface area contributed by atoms with Crippen molar-refractivity contribution in [3.8, 4) is 0 Å². The van der Waals surface area contributed by atoms with Gasteiger partial charge in [-0.05, 0) is 13.3 Å². The number of unbranched alkanes of at least 4 members (excludes halogenated alkanes) is 1. The van der Waals surface area contributed by atoms with E-state index in [-0.39, 0.29) is 18.1 Å². The number of carbonyl (C=O) groups is 1. The predicted molar refractivity (Wildman–Crippen MR) is 78.7 cm³/mol. The largest absolute Gasteiger partial charge is 0.374 e. The molecular weight excluding hydrogens is 270 g/mol. The topological polar surface area (TPSA) is 72.3 Å². The summed E-state index contributed by atoms with van der Waals surface area (Å²) in [6.07, 6.45) is 5.64. The van der Waals surface area contributed by atoms with E-state index in [1.807, 2.05) is 13.1 Å². The summed E-state index contributed by atoms with van der Waals surface area (Å²) in [5, 5.41) is 10.7. The highest BCUT2D eigenvalue weighted by Crippen LogP contribution is 2.10. The number of aromatic nitrogens is 3. The molecule has 0 spiro atoms. The van der Waals surface area contributed by atoms with Crippen molar-refractivity contribution in [1.82, 2.24) is 25.2 Å². The van der Waals surface area contributed by atoms with Gasteiger partial charge in [0.15, 0.2) is 0 Å². The summed E-state index contributed by atoms with van der Waals surface area (Å²) in [7, 11) is 0. The maximum Gasteiger partial charge on any atom is 0.237 e. The maximum absolute atomic E-state index is 12.1. The molecule has 1 amide bonds. The van der Waals surface area contributed by atoms with Crippen LogP contribution < -0.4 is 5.32 Å². The van der Waals surface area contributed by atoms with E-state index in [1.54, 1.807) is 10.9 Å². The smallest absolute Gasteiger partial charge is 0.237 e. The molecule has 2 unspecified atom stereocenters. The summed E-state index contributed by atoms with van der Waals surface area (Å²) in [5.74, 6) is 0.102. The number of morpholine rings is 1. The van der Waals surface area contributed by atoms with Crippen molar-refractivity contribution in [1.29, 1.82) is 0 Å². The first-order valence-electron chi connectivity index (χ1n) is 7.68. The molecule has 1 N–H and O–H groups in total. The van der Waals surface area contributed by atoms with E-state index >= 15 is 0 Å². The number of nitrogens with zero attached hydrogens (tertiary/aromatic N) is 4. The van der Waals surface area contributed by atoms with Crippen LogP contribution in [0.25, 0.3) is 0 Å². The Morgan fingerprint density at radius 2 is 2.43 bits per heavy atom. The van der Waals surface area contributed by atoms with Crippen LogP contribution in [0, 0.1) is 0 Å². The van der Waals surface area contributed by atoms with Gasteiger partial charge in [-0.3, -0.25) is 9.69 Å². The zero-order valence-electron chi connectivity index (χ0n) is 12.9. The van der Waals surface area contributed by atoms with Gasteiger partial charge in [-0.1, -0.05) is 18.6 Å². The minimum Gasteiger partial charge on any atom is -0.374 e. The first kappa shape index (κ1) is 15.9. The molecule has 1 aliphatic rings. The Labute approximate surface area is 125 Å². The lowest BCUT2D eigenvalue weighted by Crippen LogP contribution is -2.53. The highest BCUT2D eigenvalue weighted by Gasteiger charge is 2.28. The van der Waals surface area contributed by atoms with Gasteiger partial charge < -0.3 is 10.1 Å². The van der Waals surface area contributed by atoms with E-state index in [2.05, 4.69) is 27.5 Å². The third kappa shape index (κ3) is 4.78. The van der Waals surface area contributed by atoms with Gasteiger partial charge in [0.05, 0.1) is 31.5 Å². The normalized spacial score (nSPS) is 21.1. The molecule has 0 saturated carbocycles. The number of carbonyl (C=O) groups excluding carboxylic acids is 1. The monoisotopic (exact) mass is 295 g/mol. The lowest BCUT2D eigenvalue weighted by atomic mass is 10.2. The molecule has 2 atom stereocenters. The first-order chi connectivity index (χ1) is 10.2. The number of ether oxygens (including phenoxy) is 1. The van der Waals surface area contributed by atoms with Gasteiger partial charge in [0.25, 0.3) is 0 Å². The number of amides is 1. The molecule has 1 fully saturated rings. The number of nitrogens with one attached hydrogen (secondary N) is 1. The molecule has 0 aliphatic carbocycles. The van der Waals surface area contributed by atoms with Crippen molar-refractivity contribution in [2.24, 2.45) is 0 Å². The van der Waals surface area contributed by atoms with Crippen molar-refractivity contribution in [2.45, 2.75) is 45.4 Å². The Morgan fingerprint density at radius 3 is 3.14 bits per heavy atom. The lowest BCUT2D eigenvalue weighted by molar-refractivity contribution is -0.129. The highest BCUT2D eigenvalue weighted by atomic mass is 16.5. The Bertz CT molecular complexity index is 423. The summed E-state index contributed by atoms with van der Waals surface area (Å²) >= 11 is 0. The lowest BCUT2D eigenvalue weighted by Gasteiger charge is -2.36. The molecule has 21 heavy (non-hydrogen) atoms. The minimum absolute atomic E-state index is 0.0475. The molecular formula is C14H25N5O2. The summed E-state index contributed by atoms with van der Waals surface area (Å²) in [6.45, 7) is 7.67. The molecule has 1 aromatic heterocycles. The van der Waals surface area contributed by atoms with Crippen molar-refractivity contribution in [3.05, 3.63) is 12.4 Å². The number of rotatable bonds is 7. The van der Waals surface area contributed by atoms with Crippen LogP contribution in [0.1, 0.15) is 26.7 Å². The van der Waals surface area contributed by atoms with Gasteiger partial charge in [0.2, 0.25) is 5.91 Å². The van der Waals surface area contributed by atoms with Crippen LogP contribution in [-0.4, -0.2) is 64.2 Å². The van der Waals surface area contributed by atoms with Gasteiger partial charge in [-0.2, -0.15) is 0 Å². The predicted octanol–water partition coefficient (Wildman–Crippen LogP) is 0.284. The van der Waals surface area contributed by atoms with Crippen molar-refractivity contribution < 1.29 is 9.53 Å². The van der Waals surface area contributed by atoms with Crippen LogP contribution in [0.15, 0.2) is 12.4 Å². The average molecular weight is 295 g/mol. The molecule has 118 valence electrons. The quantitative estimate of drug-likeness (QED) is 0.732. The zero-order valence-corrected chi connectivity index (χ0v) is 12.9. The van der Waals surface area contributed by atoms with Crippen LogP contribution in [0.2, 0.25) is 0 Å². The van der Waals surface area contributed by atoms with Crippen molar-refractivity contribution >= 4 is 5.91 Å². The second kappa shape index (κ2) is 8.09. The van der Waals surface area contributed by atoms with E-state index in [4.69, 9.17) is 4.74 Å². The Hall–Kier alpha value is -1.47. The summed E-state index contributed by atoms with van der Waals surface area (Å²) in [6, 6.07) is -0.121. The molecule has 1 saturated heterocycles. The molecule has 7 nitrogen and oxygen atoms in total. The van der Waals surface area contributed by atoms with E-state index in [1.165, 1.54) is 0 Å². The van der Waals surface area contributed by atoms with E-state index in [0.29, 0.717) is 13.2 Å². The Morgan fingerprint density at radius 1 is 1.57 bits per heavy atom. The number of hydrogen-bond acceptors (Lipinski definition) is 5. The second-order valence-corrected chi connectivity index (χ2v) is 5.43. The zero-order chi connectivity index (χ0) is 15.1. The van der Waals surface area contributed by atoms with Gasteiger partial charge in [-0.15, -0.1) is 5.10 Å². The van der Waals surface area contributed by atoms with Gasteiger partial charge in [-0.25, -0.2) is 4.68 Å². The summed E-state index contributed by atoms with van der Waals surface area (Å²) in [5.41, 5.74) is 0. The third-order valence-electron chi connectivity index (χ3n) is 3.79. The molecule has 0 aromatic carbocycles. The second-order valence-electron chi connectivity index (χ2n) is 5.43. The van der Waals surface area contributed by atoms with Gasteiger partial charge >= 0.3 is 0 Å². The van der Waals surface area contributed by atoms with Crippen LogP contribution >= 0.6 is 0 Å². The average Bonchev–Trinajstić information content (AvgIpc) is 3.00. The summed E-state index contributed by atoms with van der Waals surface area (Å²) < 4.78 is 7.51. The van der Waals surface area contributed by atoms with Crippen LogP contribution in [0.5, 0.6) is 0 Å². The van der Waals surface area contributed by atoms with E-state index in [9.17, 15) is 4.79 Å². The van der Waals surface area contributed by atoms with E-state index < -0.39 is 0 Å². The van der Waals surface area contributed by atoms with Crippen LogP contribution in [-0.2, 0) is 16.1 Å². The fourth-order valence-electron chi connectivity index (χ4n) is 2.45. The van der Waals surface area contributed by atoms with Crippen molar-refractivity contribution in [2.75, 3.05) is 26.2 Å². The summed E-state index contributed by atoms with van der Waals surface area (Å²) in [4.78, 5) is 14.3. The van der Waals surface area contributed by atoms with Crippen molar-refractivity contribution in [3.63, 3.8) is 0 Å². The SMILES string of the molecule is CCCCNC(=O)C(C)N1CCOC(Cn2ccnn2)C1. The molecule has 1 aliphatic heterocycles. The van der Waals surface area contributed by atoms with Gasteiger partial charge in [0.1, 0.15) is 0 Å². The van der Waals surface area contributed by atoms with Crippen LogP contribution in [0.3, 0.4) is 0 Å². The molecule has 2 rings (SSSR count). The Balaban J connectivity index is 1.80. The third-order valence-corrected chi connectivity index (χ3v) is 3.79. The Kier molecular flexibility index (Phi) is 6.13. The molecule has 1 aromatic rings. The van der Waals surface area contributed by atoms with Crippen LogP contribution in [0.4, 0.5) is 0 Å². The fourth-order valence-corrected chi connectivity index (χ4v) is 2.45. The van der Waals surface area contributed by atoms with E-state index in [0.717, 1.165) is 32.5 Å². The minimum atomic E-state index is -0.121. The molecule has 0 bridgehead atoms. The standard InChI is InChI=1S/C14H25N5O2/c1-3-4-5-15-14(20)12(2)18-8-9-21-13(10-18)11-19-7-6-16-17-19/h6-7,12-13H,3-5,8-11H2,1-2H3,(H,15,20). The molecule has 2 heterocycles. The number of hydrogen-bond donors (Lipinski definition) is 1. The molecule has 0 radical (unpaired) electrons. The fraction of sp³-hybridized carbons (Fsp3) is 0.786. The molecule has 7 heteroatoms. The highest BCUT2D eigenvalue weighted by molar-refractivity contribution is 5.81. The first-order valence-corrected chi connectivity index (χ1v) is 7.68. The maximum atomic E-state index is 12.1.